The molecule has 1 N–H and O–H groups in total. The van der Waals surface area contributed by atoms with E-state index in [1.165, 1.54) is 19.6 Å². The molecule has 0 spiro atoms. The minimum Gasteiger partial charge on any atom is -0.493 e. The van der Waals surface area contributed by atoms with Crippen LogP contribution in [-0.4, -0.2) is 36.0 Å². The topological polar surface area (TPSA) is 80.6 Å². The molecule has 7 nitrogen and oxygen atoms in total. The van der Waals surface area contributed by atoms with E-state index >= 15 is 0 Å². The number of nitrogens with zero attached hydrogens (tertiary/aromatic N) is 2. The lowest BCUT2D eigenvalue weighted by Crippen LogP contribution is -2.34. The average Bonchev–Trinajstić information content (AvgIpc) is 3.37. The van der Waals surface area contributed by atoms with Gasteiger partial charge in [0.1, 0.15) is 11.3 Å². The van der Waals surface area contributed by atoms with Crippen LogP contribution in [0.4, 0.5) is 0 Å². The Morgan fingerprint density at radius 1 is 0.944 bits per heavy atom. The molecular formula is C29H24N2O5. The Kier molecular flexibility index (Phi) is 5.25. The number of methoxy groups -OCH3 is 2. The molecule has 0 radical (unpaired) electrons. The second-order valence-electron chi connectivity index (χ2n) is 8.79. The average molecular weight is 481 g/mol. The summed E-state index contributed by atoms with van der Waals surface area (Å²) in [5, 5.41) is 19.3. The zero-order valence-electron chi connectivity index (χ0n) is 19.8. The molecule has 0 aromatic heterocycles. The number of carboxylic acid groups (broad SMARTS) is 1. The molecule has 180 valence electrons. The summed E-state index contributed by atoms with van der Waals surface area (Å²) in [6.45, 7) is 0. The van der Waals surface area contributed by atoms with E-state index in [9.17, 15) is 9.90 Å². The van der Waals surface area contributed by atoms with Crippen LogP contribution in [-0.2, 0) is 0 Å². The summed E-state index contributed by atoms with van der Waals surface area (Å²) < 4.78 is 17.2. The van der Waals surface area contributed by atoms with Crippen LogP contribution < -0.4 is 14.2 Å². The van der Waals surface area contributed by atoms with Gasteiger partial charge in [-0.2, -0.15) is 5.10 Å². The van der Waals surface area contributed by atoms with Crippen molar-refractivity contribution in [2.75, 3.05) is 14.2 Å². The summed E-state index contributed by atoms with van der Waals surface area (Å²) in [5.41, 5.74) is 3.42. The summed E-state index contributed by atoms with van der Waals surface area (Å²) in [7, 11) is 2.91. The van der Waals surface area contributed by atoms with Gasteiger partial charge in [-0.05, 0) is 40.6 Å². The van der Waals surface area contributed by atoms with Crippen molar-refractivity contribution in [3.63, 3.8) is 0 Å². The number of hydrazone groups is 1. The number of benzene rings is 4. The highest BCUT2D eigenvalue weighted by Crippen LogP contribution is 2.49. The maximum absolute atomic E-state index is 12.4. The molecule has 0 amide bonds. The summed E-state index contributed by atoms with van der Waals surface area (Å²) >= 11 is 0. The molecule has 0 saturated carbocycles. The third kappa shape index (κ3) is 3.43. The number of fused-ring (bicyclic) bond motifs is 4. The maximum Gasteiger partial charge on any atom is 0.340 e. The van der Waals surface area contributed by atoms with Crippen LogP contribution in [0.2, 0.25) is 0 Å². The highest BCUT2D eigenvalue weighted by atomic mass is 16.5. The molecule has 0 bridgehead atoms. The third-order valence-electron chi connectivity index (χ3n) is 6.84. The van der Waals surface area contributed by atoms with E-state index in [1.807, 2.05) is 41.4 Å². The summed E-state index contributed by atoms with van der Waals surface area (Å²) in [6, 6.07) is 25.7. The van der Waals surface area contributed by atoms with E-state index in [4.69, 9.17) is 19.3 Å². The molecule has 7 heteroatoms. The number of hydrogen-bond donors (Lipinski definition) is 1. The van der Waals surface area contributed by atoms with Crippen LogP contribution in [0.15, 0.2) is 84.0 Å². The fourth-order valence-electron chi connectivity index (χ4n) is 5.15. The first-order chi connectivity index (χ1) is 17.6. The second kappa shape index (κ2) is 8.61. The quantitative estimate of drug-likeness (QED) is 0.389. The van der Waals surface area contributed by atoms with Crippen molar-refractivity contribution in [2.45, 2.75) is 18.7 Å². The van der Waals surface area contributed by atoms with Gasteiger partial charge in [-0.1, -0.05) is 54.6 Å². The smallest absolute Gasteiger partial charge is 0.340 e. The van der Waals surface area contributed by atoms with E-state index < -0.39 is 12.2 Å². The molecular weight excluding hydrogens is 456 g/mol. The Labute approximate surface area is 208 Å². The van der Waals surface area contributed by atoms with E-state index in [1.54, 1.807) is 12.1 Å². The van der Waals surface area contributed by atoms with E-state index in [0.717, 1.165) is 22.2 Å². The van der Waals surface area contributed by atoms with Crippen LogP contribution in [0.5, 0.6) is 17.2 Å². The third-order valence-corrected chi connectivity index (χ3v) is 6.84. The van der Waals surface area contributed by atoms with Gasteiger partial charge >= 0.3 is 5.97 Å². The van der Waals surface area contributed by atoms with Crippen molar-refractivity contribution in [1.82, 2.24) is 5.01 Å². The lowest BCUT2D eigenvalue weighted by Gasteiger charge is -2.38. The van der Waals surface area contributed by atoms with Crippen molar-refractivity contribution in [3.8, 4) is 17.2 Å². The van der Waals surface area contributed by atoms with Crippen LogP contribution in [0.3, 0.4) is 0 Å². The maximum atomic E-state index is 12.4. The molecule has 4 aromatic rings. The first-order valence-electron chi connectivity index (χ1n) is 11.7. The molecule has 2 aliphatic heterocycles. The molecule has 2 atom stereocenters. The molecule has 0 unspecified atom stereocenters. The van der Waals surface area contributed by atoms with Crippen molar-refractivity contribution < 1.29 is 24.1 Å². The standard InChI is InChI=1S/C29H24N2O5/c1-34-25-14-13-21(26(29(32)33)27(25)35-2)28-31-23(20-9-5-6-10-24(20)36-28)16-22(30-31)19-12-11-17-7-3-4-8-18(17)15-19/h3-15,23,28H,16H2,1-2H3,(H,32,33)/t23-,28-/m0/s1. The molecule has 0 saturated heterocycles. The lowest BCUT2D eigenvalue weighted by atomic mass is 9.94. The Morgan fingerprint density at radius 2 is 1.72 bits per heavy atom. The van der Waals surface area contributed by atoms with Crippen molar-refractivity contribution in [2.24, 2.45) is 5.10 Å². The number of hydrogen-bond acceptors (Lipinski definition) is 6. The zero-order valence-corrected chi connectivity index (χ0v) is 19.8. The Bertz CT molecular complexity index is 1530. The fourth-order valence-corrected chi connectivity index (χ4v) is 5.15. The van der Waals surface area contributed by atoms with Crippen LogP contribution in [0.25, 0.3) is 10.8 Å². The van der Waals surface area contributed by atoms with Crippen LogP contribution in [0, 0.1) is 0 Å². The molecule has 2 heterocycles. The Balaban J connectivity index is 1.50. The molecule has 4 aromatic carbocycles. The number of ether oxygens (including phenoxy) is 3. The van der Waals surface area contributed by atoms with Gasteiger partial charge in [0.15, 0.2) is 11.5 Å². The van der Waals surface area contributed by atoms with Gasteiger partial charge in [-0.25, -0.2) is 9.80 Å². The first-order valence-corrected chi connectivity index (χ1v) is 11.7. The van der Waals surface area contributed by atoms with Crippen molar-refractivity contribution >= 4 is 22.5 Å². The predicted molar refractivity (Wildman–Crippen MR) is 136 cm³/mol. The summed E-state index contributed by atoms with van der Waals surface area (Å²) in [5.74, 6) is 0.0788. The number of carbonyl (C=O) groups is 1. The van der Waals surface area contributed by atoms with Gasteiger partial charge in [-0.15, -0.1) is 0 Å². The van der Waals surface area contributed by atoms with Gasteiger partial charge in [0, 0.05) is 17.5 Å². The van der Waals surface area contributed by atoms with Crippen molar-refractivity contribution in [3.05, 3.63) is 101 Å². The fraction of sp³-hybridized carbons (Fsp3) is 0.172. The second-order valence-corrected chi connectivity index (χ2v) is 8.79. The van der Waals surface area contributed by atoms with Crippen molar-refractivity contribution in [1.29, 1.82) is 0 Å². The lowest BCUT2D eigenvalue weighted by molar-refractivity contribution is -0.0199. The number of rotatable bonds is 5. The Morgan fingerprint density at radius 3 is 2.50 bits per heavy atom. The van der Waals surface area contributed by atoms with E-state index in [0.29, 0.717) is 23.5 Å². The van der Waals surface area contributed by atoms with Gasteiger partial charge < -0.3 is 19.3 Å². The van der Waals surface area contributed by atoms with Gasteiger partial charge in [0.25, 0.3) is 0 Å². The van der Waals surface area contributed by atoms with E-state index in [2.05, 4.69) is 30.3 Å². The van der Waals surface area contributed by atoms with Crippen LogP contribution >= 0.6 is 0 Å². The normalized spacial score (nSPS) is 18.2. The van der Waals surface area contributed by atoms with Gasteiger partial charge in [0.05, 0.1) is 26.0 Å². The summed E-state index contributed by atoms with van der Waals surface area (Å²) in [4.78, 5) is 12.4. The number of carboxylic acids is 1. The highest BCUT2D eigenvalue weighted by molar-refractivity contribution is 6.04. The zero-order chi connectivity index (χ0) is 24.8. The Hall–Kier alpha value is -4.52. The summed E-state index contributed by atoms with van der Waals surface area (Å²) in [6.07, 6.45) is -0.0842. The SMILES string of the molecule is COc1ccc([C@@H]2Oc3ccccc3[C@@H]3CC(c4ccc5ccccc5c4)=NN32)c(C(=O)O)c1OC. The van der Waals surface area contributed by atoms with Crippen LogP contribution in [0.1, 0.15) is 45.7 Å². The van der Waals surface area contributed by atoms with Gasteiger partial charge in [-0.3, -0.25) is 0 Å². The molecule has 0 fully saturated rings. The minimum absolute atomic E-state index is 0.00524. The largest absolute Gasteiger partial charge is 0.493 e. The molecule has 36 heavy (non-hydrogen) atoms. The molecule has 6 rings (SSSR count). The highest BCUT2D eigenvalue weighted by Gasteiger charge is 2.43. The monoisotopic (exact) mass is 480 g/mol. The van der Waals surface area contributed by atoms with Gasteiger partial charge in [0.2, 0.25) is 6.23 Å². The van der Waals surface area contributed by atoms with E-state index in [-0.39, 0.29) is 17.4 Å². The minimum atomic E-state index is -1.13. The first kappa shape index (κ1) is 22.0. The molecule has 0 aliphatic carbocycles. The number of para-hydroxylation sites is 1. The molecule has 2 aliphatic rings. The predicted octanol–water partition coefficient (Wildman–Crippen LogP) is 5.80. The number of aromatic carboxylic acids is 1.